The van der Waals surface area contributed by atoms with E-state index in [1.165, 1.54) is 31.9 Å². The first-order chi connectivity index (χ1) is 8.81. The van der Waals surface area contributed by atoms with Gasteiger partial charge in [0.25, 0.3) is 0 Å². The van der Waals surface area contributed by atoms with Gasteiger partial charge in [-0.2, -0.15) is 0 Å². The molecule has 1 aliphatic heterocycles. The lowest BCUT2D eigenvalue weighted by atomic mass is 9.99. The number of methoxy groups -OCH3 is 1. The number of carbonyl (C=O) groups excluding carboxylic acids is 1. The Morgan fingerprint density at radius 1 is 1.22 bits per heavy atom. The average molecular weight is 247 g/mol. The molecule has 0 radical (unpaired) electrons. The molecule has 0 unspecified atom stereocenters. The summed E-state index contributed by atoms with van der Waals surface area (Å²) >= 11 is 0. The van der Waals surface area contributed by atoms with E-state index < -0.39 is 0 Å². The number of rotatable bonds is 4. The summed E-state index contributed by atoms with van der Waals surface area (Å²) in [6.07, 6.45) is 4.20. The summed E-state index contributed by atoms with van der Waals surface area (Å²) in [4.78, 5) is 14.0. The zero-order chi connectivity index (χ0) is 12.8. The van der Waals surface area contributed by atoms with E-state index in [-0.39, 0.29) is 12.0 Å². The Morgan fingerprint density at radius 2 is 1.89 bits per heavy atom. The number of hydrogen-bond donors (Lipinski definition) is 0. The first-order valence-electron chi connectivity index (χ1n) is 6.67. The van der Waals surface area contributed by atoms with Gasteiger partial charge in [0.15, 0.2) is 0 Å². The maximum atomic E-state index is 11.6. The molecule has 2 rings (SSSR count). The Hall–Kier alpha value is -1.35. The summed E-state index contributed by atoms with van der Waals surface area (Å²) < 4.78 is 4.83. The van der Waals surface area contributed by atoms with Crippen LogP contribution in [-0.4, -0.2) is 31.1 Å². The molecule has 3 nitrogen and oxygen atoms in total. The van der Waals surface area contributed by atoms with E-state index in [1.807, 2.05) is 18.2 Å². The SMILES string of the molecule is COC(=O)C[C@@H](c1ccccc1)N1CCCCC1. The molecular weight excluding hydrogens is 226 g/mol. The summed E-state index contributed by atoms with van der Waals surface area (Å²) in [7, 11) is 1.46. The van der Waals surface area contributed by atoms with Gasteiger partial charge in [0.2, 0.25) is 0 Å². The van der Waals surface area contributed by atoms with E-state index in [0.29, 0.717) is 6.42 Å². The van der Waals surface area contributed by atoms with Crippen LogP contribution < -0.4 is 0 Å². The van der Waals surface area contributed by atoms with Crippen LogP contribution in [0.2, 0.25) is 0 Å². The zero-order valence-electron chi connectivity index (χ0n) is 11.0. The Bertz CT molecular complexity index is 371. The van der Waals surface area contributed by atoms with Gasteiger partial charge in [-0.05, 0) is 31.5 Å². The standard InChI is InChI=1S/C15H21NO2/c1-18-15(17)12-14(13-8-4-2-5-9-13)16-10-6-3-7-11-16/h2,4-5,8-9,14H,3,6-7,10-12H2,1H3/t14-/m0/s1. The van der Waals surface area contributed by atoms with Crippen LogP contribution in [0.4, 0.5) is 0 Å². The highest BCUT2D eigenvalue weighted by atomic mass is 16.5. The first-order valence-corrected chi connectivity index (χ1v) is 6.67. The maximum Gasteiger partial charge on any atom is 0.307 e. The van der Waals surface area contributed by atoms with Gasteiger partial charge in [0.05, 0.1) is 13.5 Å². The Kier molecular flexibility index (Phi) is 4.76. The molecule has 1 atom stereocenters. The lowest BCUT2D eigenvalue weighted by Gasteiger charge is -2.34. The first kappa shape index (κ1) is 13.1. The predicted octanol–water partition coefficient (Wildman–Crippen LogP) is 2.78. The number of piperidine rings is 1. The van der Waals surface area contributed by atoms with Gasteiger partial charge in [-0.1, -0.05) is 36.8 Å². The molecule has 1 fully saturated rings. The Morgan fingerprint density at radius 3 is 2.50 bits per heavy atom. The molecule has 0 bridgehead atoms. The van der Waals surface area contributed by atoms with Crippen molar-refractivity contribution >= 4 is 5.97 Å². The number of nitrogens with zero attached hydrogens (tertiary/aromatic N) is 1. The molecule has 1 aromatic rings. The second-order valence-corrected chi connectivity index (χ2v) is 4.80. The molecule has 3 heteroatoms. The van der Waals surface area contributed by atoms with Gasteiger partial charge in [0, 0.05) is 6.04 Å². The highest BCUT2D eigenvalue weighted by Crippen LogP contribution is 2.27. The smallest absolute Gasteiger partial charge is 0.307 e. The van der Waals surface area contributed by atoms with Gasteiger partial charge >= 0.3 is 5.97 Å². The van der Waals surface area contributed by atoms with Gasteiger partial charge in [-0.15, -0.1) is 0 Å². The number of benzene rings is 1. The number of carbonyl (C=O) groups is 1. The quantitative estimate of drug-likeness (QED) is 0.766. The molecule has 0 spiro atoms. The van der Waals surface area contributed by atoms with E-state index in [2.05, 4.69) is 17.0 Å². The van der Waals surface area contributed by atoms with E-state index in [1.54, 1.807) is 0 Å². The van der Waals surface area contributed by atoms with Gasteiger partial charge in [-0.25, -0.2) is 0 Å². The second-order valence-electron chi connectivity index (χ2n) is 4.80. The van der Waals surface area contributed by atoms with Gasteiger partial charge in [-0.3, -0.25) is 9.69 Å². The molecule has 0 saturated carbocycles. The molecule has 0 amide bonds. The normalized spacial score (nSPS) is 18.3. The maximum absolute atomic E-state index is 11.6. The van der Waals surface area contributed by atoms with Crippen molar-refractivity contribution in [1.29, 1.82) is 0 Å². The van der Waals surface area contributed by atoms with Crippen molar-refractivity contribution in [2.75, 3.05) is 20.2 Å². The minimum Gasteiger partial charge on any atom is -0.469 e. The van der Waals surface area contributed by atoms with Crippen LogP contribution in [0.1, 0.15) is 37.3 Å². The summed E-state index contributed by atoms with van der Waals surface area (Å²) in [6.45, 7) is 2.16. The average Bonchev–Trinajstić information content (AvgIpc) is 2.46. The van der Waals surface area contributed by atoms with Crippen LogP contribution in [0, 0.1) is 0 Å². The molecule has 1 saturated heterocycles. The van der Waals surface area contributed by atoms with Crippen molar-refractivity contribution in [3.8, 4) is 0 Å². The van der Waals surface area contributed by atoms with E-state index in [4.69, 9.17) is 4.74 Å². The Labute approximate surface area is 109 Å². The third-order valence-electron chi connectivity index (χ3n) is 3.60. The van der Waals surface area contributed by atoms with Crippen LogP contribution in [0.3, 0.4) is 0 Å². The highest BCUT2D eigenvalue weighted by molar-refractivity contribution is 5.70. The molecule has 98 valence electrons. The topological polar surface area (TPSA) is 29.5 Å². The van der Waals surface area contributed by atoms with Crippen molar-refractivity contribution in [3.63, 3.8) is 0 Å². The van der Waals surface area contributed by atoms with Crippen LogP contribution in [0.15, 0.2) is 30.3 Å². The fourth-order valence-corrected chi connectivity index (χ4v) is 2.60. The van der Waals surface area contributed by atoms with Crippen LogP contribution in [0.5, 0.6) is 0 Å². The third kappa shape index (κ3) is 3.33. The van der Waals surface area contributed by atoms with Gasteiger partial charge < -0.3 is 4.74 Å². The summed E-state index contributed by atoms with van der Waals surface area (Å²) in [6, 6.07) is 10.4. The Balaban J connectivity index is 2.14. The number of esters is 1. The van der Waals surface area contributed by atoms with Gasteiger partial charge in [0.1, 0.15) is 0 Å². The minimum atomic E-state index is -0.130. The van der Waals surface area contributed by atoms with Crippen LogP contribution in [0.25, 0.3) is 0 Å². The summed E-state index contributed by atoms with van der Waals surface area (Å²) in [5.41, 5.74) is 1.21. The van der Waals surface area contributed by atoms with Crippen molar-refractivity contribution in [1.82, 2.24) is 4.90 Å². The third-order valence-corrected chi connectivity index (χ3v) is 3.60. The van der Waals surface area contributed by atoms with E-state index >= 15 is 0 Å². The number of hydrogen-bond acceptors (Lipinski definition) is 3. The molecule has 1 aromatic carbocycles. The summed E-state index contributed by atoms with van der Waals surface area (Å²) in [5, 5.41) is 0. The largest absolute Gasteiger partial charge is 0.469 e. The lowest BCUT2D eigenvalue weighted by Crippen LogP contribution is -2.35. The van der Waals surface area contributed by atoms with Crippen LogP contribution in [-0.2, 0) is 9.53 Å². The monoisotopic (exact) mass is 247 g/mol. The van der Waals surface area contributed by atoms with E-state index in [9.17, 15) is 4.79 Å². The molecule has 0 N–H and O–H groups in total. The molecule has 0 aromatic heterocycles. The van der Waals surface area contributed by atoms with Crippen molar-refractivity contribution in [2.24, 2.45) is 0 Å². The fourth-order valence-electron chi connectivity index (χ4n) is 2.60. The highest BCUT2D eigenvalue weighted by Gasteiger charge is 2.24. The van der Waals surface area contributed by atoms with Crippen molar-refractivity contribution in [3.05, 3.63) is 35.9 Å². The second kappa shape index (κ2) is 6.55. The lowest BCUT2D eigenvalue weighted by molar-refractivity contribution is -0.142. The molecule has 18 heavy (non-hydrogen) atoms. The van der Waals surface area contributed by atoms with Crippen LogP contribution >= 0.6 is 0 Å². The summed E-state index contributed by atoms with van der Waals surface area (Å²) in [5.74, 6) is -0.130. The number of ether oxygens (including phenoxy) is 1. The molecule has 1 heterocycles. The minimum absolute atomic E-state index is 0.130. The van der Waals surface area contributed by atoms with E-state index in [0.717, 1.165) is 13.1 Å². The predicted molar refractivity (Wildman–Crippen MR) is 71.2 cm³/mol. The fraction of sp³-hybridized carbons (Fsp3) is 0.533. The zero-order valence-corrected chi connectivity index (χ0v) is 11.0. The molecular formula is C15H21NO2. The molecule has 1 aliphatic rings. The van der Waals surface area contributed by atoms with Crippen molar-refractivity contribution in [2.45, 2.75) is 31.7 Å². The van der Waals surface area contributed by atoms with Crippen molar-refractivity contribution < 1.29 is 9.53 Å². The molecule has 0 aliphatic carbocycles. The number of likely N-dealkylation sites (tertiary alicyclic amines) is 1.